The van der Waals surface area contributed by atoms with Crippen molar-refractivity contribution in [2.75, 3.05) is 6.54 Å². The van der Waals surface area contributed by atoms with E-state index in [9.17, 15) is 4.79 Å². The largest absolute Gasteiger partial charge is 0.336 e. The van der Waals surface area contributed by atoms with Gasteiger partial charge in [0.2, 0.25) is 0 Å². The van der Waals surface area contributed by atoms with E-state index in [0.29, 0.717) is 22.7 Å². The molecule has 1 saturated carbocycles. The Balaban J connectivity index is 2.08. The molecule has 2 N–H and O–H groups in total. The van der Waals surface area contributed by atoms with Gasteiger partial charge in [0.15, 0.2) is 0 Å². The number of nitrogens with zero attached hydrogens (tertiary/aromatic N) is 1. The zero-order chi connectivity index (χ0) is 13.8. The van der Waals surface area contributed by atoms with E-state index in [1.165, 1.54) is 0 Å². The second-order valence-electron chi connectivity index (χ2n) is 5.17. The SMILES string of the molecule is CCN(C(=O)c1ccc(Cl)cc1)C1CCC(N)CC1. The molecule has 0 unspecified atom stereocenters. The molecule has 0 saturated heterocycles. The van der Waals surface area contributed by atoms with E-state index < -0.39 is 0 Å². The van der Waals surface area contributed by atoms with Gasteiger partial charge in [-0.15, -0.1) is 0 Å². The van der Waals surface area contributed by atoms with Gasteiger partial charge in [-0.3, -0.25) is 4.79 Å². The van der Waals surface area contributed by atoms with Crippen LogP contribution in [0, 0.1) is 0 Å². The van der Waals surface area contributed by atoms with E-state index in [1.807, 2.05) is 11.8 Å². The molecule has 1 aromatic rings. The number of rotatable bonds is 3. The fourth-order valence-corrected chi connectivity index (χ4v) is 2.87. The Labute approximate surface area is 119 Å². The quantitative estimate of drug-likeness (QED) is 0.925. The normalized spacial score (nSPS) is 23.1. The zero-order valence-corrected chi connectivity index (χ0v) is 12.1. The van der Waals surface area contributed by atoms with Crippen molar-refractivity contribution in [3.63, 3.8) is 0 Å². The summed E-state index contributed by atoms with van der Waals surface area (Å²) in [6, 6.07) is 7.75. The molecule has 0 aromatic heterocycles. The predicted octanol–water partition coefficient (Wildman–Crippen LogP) is 3.07. The van der Waals surface area contributed by atoms with Crippen LogP contribution in [0.1, 0.15) is 43.0 Å². The number of amides is 1. The smallest absolute Gasteiger partial charge is 0.254 e. The lowest BCUT2D eigenvalue weighted by molar-refractivity contribution is 0.0640. The summed E-state index contributed by atoms with van der Waals surface area (Å²) in [5, 5.41) is 0.656. The van der Waals surface area contributed by atoms with Crippen molar-refractivity contribution in [3.05, 3.63) is 34.9 Å². The first-order chi connectivity index (χ1) is 9.11. The average molecular weight is 281 g/mol. The molecule has 104 valence electrons. The van der Waals surface area contributed by atoms with Crippen molar-refractivity contribution < 1.29 is 4.79 Å². The first kappa shape index (κ1) is 14.4. The highest BCUT2D eigenvalue weighted by Crippen LogP contribution is 2.23. The standard InChI is InChI=1S/C15H21ClN2O/c1-2-18(14-9-7-13(17)8-10-14)15(19)11-3-5-12(16)6-4-11/h3-6,13-14H,2,7-10,17H2,1H3. The van der Waals surface area contributed by atoms with Crippen LogP contribution in [0.5, 0.6) is 0 Å². The molecule has 1 amide bonds. The van der Waals surface area contributed by atoms with Gasteiger partial charge >= 0.3 is 0 Å². The molecular weight excluding hydrogens is 260 g/mol. The molecule has 3 nitrogen and oxygen atoms in total. The first-order valence-corrected chi connectivity index (χ1v) is 7.31. The fraction of sp³-hybridized carbons (Fsp3) is 0.533. The number of benzene rings is 1. The van der Waals surface area contributed by atoms with Crippen molar-refractivity contribution in [2.24, 2.45) is 5.73 Å². The molecule has 1 aliphatic carbocycles. The Morgan fingerprint density at radius 1 is 1.26 bits per heavy atom. The zero-order valence-electron chi connectivity index (χ0n) is 11.3. The molecule has 0 aliphatic heterocycles. The minimum atomic E-state index is 0.0969. The lowest BCUT2D eigenvalue weighted by Gasteiger charge is -2.35. The van der Waals surface area contributed by atoms with Gasteiger partial charge in [0.1, 0.15) is 0 Å². The minimum Gasteiger partial charge on any atom is -0.336 e. The van der Waals surface area contributed by atoms with Crippen LogP contribution in [-0.2, 0) is 0 Å². The third-order valence-corrected chi connectivity index (χ3v) is 4.13. The Hall–Kier alpha value is -1.06. The van der Waals surface area contributed by atoms with Gasteiger partial charge < -0.3 is 10.6 Å². The lowest BCUT2D eigenvalue weighted by Crippen LogP contribution is -2.44. The molecule has 1 aliphatic rings. The van der Waals surface area contributed by atoms with E-state index in [-0.39, 0.29) is 5.91 Å². The van der Waals surface area contributed by atoms with E-state index in [0.717, 1.165) is 32.2 Å². The summed E-state index contributed by atoms with van der Waals surface area (Å²) in [6.45, 7) is 2.77. The van der Waals surface area contributed by atoms with Gasteiger partial charge in [-0.2, -0.15) is 0 Å². The summed E-state index contributed by atoms with van der Waals surface area (Å²) in [4.78, 5) is 14.5. The van der Waals surface area contributed by atoms with Crippen LogP contribution in [0.4, 0.5) is 0 Å². The third kappa shape index (κ3) is 3.48. The maximum atomic E-state index is 12.5. The highest BCUT2D eigenvalue weighted by Gasteiger charge is 2.27. The van der Waals surface area contributed by atoms with E-state index in [2.05, 4.69) is 0 Å². The highest BCUT2D eigenvalue weighted by atomic mass is 35.5. The van der Waals surface area contributed by atoms with Crippen LogP contribution < -0.4 is 5.73 Å². The van der Waals surface area contributed by atoms with Crippen LogP contribution in [-0.4, -0.2) is 29.4 Å². The lowest BCUT2D eigenvalue weighted by atomic mass is 9.90. The molecule has 4 heteroatoms. The van der Waals surface area contributed by atoms with E-state index in [1.54, 1.807) is 24.3 Å². The van der Waals surface area contributed by atoms with Gasteiger partial charge in [0.25, 0.3) is 5.91 Å². The van der Waals surface area contributed by atoms with Crippen molar-refractivity contribution in [3.8, 4) is 0 Å². The van der Waals surface area contributed by atoms with Crippen LogP contribution in [0.3, 0.4) is 0 Å². The summed E-state index contributed by atoms with van der Waals surface area (Å²) in [5.74, 6) is 0.0969. The van der Waals surface area contributed by atoms with Crippen molar-refractivity contribution in [1.82, 2.24) is 4.90 Å². The van der Waals surface area contributed by atoms with Gasteiger partial charge in [-0.25, -0.2) is 0 Å². The molecule has 0 radical (unpaired) electrons. The monoisotopic (exact) mass is 280 g/mol. The Kier molecular flexibility index (Phi) is 4.83. The molecule has 0 bridgehead atoms. The van der Waals surface area contributed by atoms with Gasteiger partial charge in [-0.1, -0.05) is 11.6 Å². The Bertz CT molecular complexity index is 424. The fourth-order valence-electron chi connectivity index (χ4n) is 2.74. The summed E-state index contributed by atoms with van der Waals surface area (Å²) in [6.07, 6.45) is 4.03. The van der Waals surface area contributed by atoms with Gasteiger partial charge in [-0.05, 0) is 56.9 Å². The molecule has 1 fully saturated rings. The topological polar surface area (TPSA) is 46.3 Å². The second kappa shape index (κ2) is 6.40. The third-order valence-electron chi connectivity index (χ3n) is 3.87. The molecular formula is C15H21ClN2O. The van der Waals surface area contributed by atoms with Crippen molar-refractivity contribution in [1.29, 1.82) is 0 Å². The maximum absolute atomic E-state index is 12.5. The Morgan fingerprint density at radius 2 is 1.84 bits per heavy atom. The summed E-state index contributed by atoms with van der Waals surface area (Å²) in [7, 11) is 0. The van der Waals surface area contributed by atoms with Gasteiger partial charge in [0.05, 0.1) is 0 Å². The number of hydrogen-bond donors (Lipinski definition) is 1. The maximum Gasteiger partial charge on any atom is 0.254 e. The average Bonchev–Trinajstić information content (AvgIpc) is 2.42. The van der Waals surface area contributed by atoms with Crippen LogP contribution in [0.15, 0.2) is 24.3 Å². The van der Waals surface area contributed by atoms with Gasteiger partial charge in [0, 0.05) is 29.2 Å². The molecule has 0 atom stereocenters. The number of hydrogen-bond acceptors (Lipinski definition) is 2. The van der Waals surface area contributed by atoms with Crippen LogP contribution in [0.2, 0.25) is 5.02 Å². The minimum absolute atomic E-state index is 0.0969. The molecule has 2 rings (SSSR count). The van der Waals surface area contributed by atoms with Crippen molar-refractivity contribution in [2.45, 2.75) is 44.7 Å². The number of nitrogens with two attached hydrogens (primary N) is 1. The van der Waals surface area contributed by atoms with Crippen LogP contribution in [0.25, 0.3) is 0 Å². The van der Waals surface area contributed by atoms with Crippen LogP contribution >= 0.6 is 11.6 Å². The first-order valence-electron chi connectivity index (χ1n) is 6.94. The molecule has 19 heavy (non-hydrogen) atoms. The van der Waals surface area contributed by atoms with E-state index >= 15 is 0 Å². The predicted molar refractivity (Wildman–Crippen MR) is 78.4 cm³/mol. The Morgan fingerprint density at radius 3 is 2.37 bits per heavy atom. The molecule has 0 heterocycles. The van der Waals surface area contributed by atoms with E-state index in [4.69, 9.17) is 17.3 Å². The summed E-state index contributed by atoms with van der Waals surface area (Å²) < 4.78 is 0. The number of halogens is 1. The number of carbonyl (C=O) groups is 1. The van der Waals surface area contributed by atoms with Crippen molar-refractivity contribution >= 4 is 17.5 Å². The highest BCUT2D eigenvalue weighted by molar-refractivity contribution is 6.30. The summed E-state index contributed by atoms with van der Waals surface area (Å²) >= 11 is 5.86. The number of carbonyl (C=O) groups excluding carboxylic acids is 1. The molecule has 1 aromatic carbocycles. The molecule has 0 spiro atoms. The second-order valence-corrected chi connectivity index (χ2v) is 5.60. The summed E-state index contributed by atoms with van der Waals surface area (Å²) in [5.41, 5.74) is 6.63.